The summed E-state index contributed by atoms with van der Waals surface area (Å²) in [4.78, 5) is 11.1. The van der Waals surface area contributed by atoms with Crippen molar-refractivity contribution >= 4 is 17.6 Å². The predicted molar refractivity (Wildman–Crippen MR) is 44.4 cm³/mol. The fourth-order valence-corrected chi connectivity index (χ4v) is 1.02. The van der Waals surface area contributed by atoms with Gasteiger partial charge in [-0.1, -0.05) is 11.6 Å². The quantitative estimate of drug-likeness (QED) is 0.739. The van der Waals surface area contributed by atoms with Crippen LogP contribution in [0.1, 0.15) is 24.0 Å². The van der Waals surface area contributed by atoms with Crippen LogP contribution in [0.3, 0.4) is 0 Å². The van der Waals surface area contributed by atoms with Crippen LogP contribution in [-0.4, -0.2) is 22.4 Å². The Hall–Kier alpha value is -1.17. The van der Waals surface area contributed by atoms with E-state index in [4.69, 9.17) is 11.6 Å². The lowest BCUT2D eigenvalue weighted by molar-refractivity contribution is 0.0480. The number of carbonyl (C=O) groups is 1. The third kappa shape index (κ3) is 2.20. The second-order valence-electron chi connectivity index (χ2n) is 2.30. The summed E-state index contributed by atoms with van der Waals surface area (Å²) in [6, 6.07) is 0. The van der Waals surface area contributed by atoms with E-state index >= 15 is 0 Å². The van der Waals surface area contributed by atoms with E-state index in [-0.39, 0.29) is 17.3 Å². The van der Waals surface area contributed by atoms with Gasteiger partial charge in [0.25, 0.3) is 0 Å². The lowest BCUT2D eigenvalue weighted by Crippen LogP contribution is -2.07. The molecule has 0 saturated carbocycles. The Kier molecular flexibility index (Phi) is 3.40. The molecule has 0 saturated heterocycles. The van der Waals surface area contributed by atoms with Crippen molar-refractivity contribution in [1.82, 2.24) is 9.78 Å². The summed E-state index contributed by atoms with van der Waals surface area (Å²) in [6.45, 7) is -1.09. The number of esters is 1. The molecule has 0 unspecified atom stereocenters. The average molecular weight is 225 g/mol. The van der Waals surface area contributed by atoms with Crippen LogP contribution in [0.2, 0.25) is 5.02 Å². The van der Waals surface area contributed by atoms with Gasteiger partial charge in [0.05, 0.1) is 17.8 Å². The van der Waals surface area contributed by atoms with Crippen LogP contribution in [0.4, 0.5) is 8.78 Å². The second-order valence-corrected chi connectivity index (χ2v) is 2.71. The van der Waals surface area contributed by atoms with E-state index in [1.165, 1.54) is 0 Å². The van der Waals surface area contributed by atoms with E-state index in [0.29, 0.717) is 4.68 Å². The first-order valence-corrected chi connectivity index (χ1v) is 4.14. The molecule has 1 rings (SSSR count). The van der Waals surface area contributed by atoms with Crippen LogP contribution >= 0.6 is 11.6 Å². The highest BCUT2D eigenvalue weighted by Crippen LogP contribution is 2.18. The number of ether oxygens (including phenoxy) is 1. The first-order chi connectivity index (χ1) is 6.56. The highest BCUT2D eigenvalue weighted by atomic mass is 35.5. The number of alkyl halides is 2. The van der Waals surface area contributed by atoms with Gasteiger partial charge in [-0.2, -0.15) is 13.9 Å². The van der Waals surface area contributed by atoms with Crippen molar-refractivity contribution in [2.75, 3.05) is 6.61 Å². The molecular weight excluding hydrogens is 218 g/mol. The van der Waals surface area contributed by atoms with Crippen molar-refractivity contribution in [2.24, 2.45) is 0 Å². The SMILES string of the molecule is CCOC(=O)c1nn(C(F)F)cc1Cl. The predicted octanol–water partition coefficient (Wildman–Crippen LogP) is 2.11. The summed E-state index contributed by atoms with van der Waals surface area (Å²) < 4.78 is 29.1. The van der Waals surface area contributed by atoms with Crippen molar-refractivity contribution in [3.8, 4) is 0 Å². The average Bonchev–Trinajstić information content (AvgIpc) is 2.48. The van der Waals surface area contributed by atoms with Gasteiger partial charge in [0, 0.05) is 0 Å². The van der Waals surface area contributed by atoms with Crippen LogP contribution < -0.4 is 0 Å². The van der Waals surface area contributed by atoms with Crippen molar-refractivity contribution in [1.29, 1.82) is 0 Å². The molecule has 1 heterocycles. The van der Waals surface area contributed by atoms with Crippen molar-refractivity contribution in [3.63, 3.8) is 0 Å². The lowest BCUT2D eigenvalue weighted by atomic mass is 10.4. The Morgan fingerprint density at radius 1 is 1.79 bits per heavy atom. The minimum absolute atomic E-state index is 0.136. The molecule has 0 aliphatic heterocycles. The fourth-order valence-electron chi connectivity index (χ4n) is 0.807. The number of carbonyl (C=O) groups excluding carboxylic acids is 1. The molecule has 0 fully saturated rings. The molecule has 0 amide bonds. The molecule has 0 bridgehead atoms. The number of hydrogen-bond acceptors (Lipinski definition) is 3. The van der Waals surface area contributed by atoms with Crippen LogP contribution in [0.15, 0.2) is 6.20 Å². The molecule has 0 spiro atoms. The summed E-state index contributed by atoms with van der Waals surface area (Å²) >= 11 is 5.50. The Bertz CT molecular complexity index is 340. The van der Waals surface area contributed by atoms with E-state index in [2.05, 4.69) is 9.84 Å². The monoisotopic (exact) mass is 224 g/mol. The Morgan fingerprint density at radius 3 is 2.86 bits per heavy atom. The summed E-state index contributed by atoms with van der Waals surface area (Å²) in [6.07, 6.45) is 0.873. The van der Waals surface area contributed by atoms with Gasteiger partial charge in [-0.3, -0.25) is 0 Å². The van der Waals surface area contributed by atoms with Gasteiger partial charge in [0.1, 0.15) is 0 Å². The van der Waals surface area contributed by atoms with Gasteiger partial charge in [-0.15, -0.1) is 0 Å². The first kappa shape index (κ1) is 10.9. The zero-order valence-electron chi connectivity index (χ0n) is 7.21. The zero-order valence-corrected chi connectivity index (χ0v) is 7.96. The molecule has 0 aliphatic carbocycles. The molecule has 0 atom stereocenters. The molecule has 1 aromatic heterocycles. The maximum atomic E-state index is 12.1. The highest BCUT2D eigenvalue weighted by Gasteiger charge is 2.19. The number of nitrogens with zero attached hydrogens (tertiary/aromatic N) is 2. The zero-order chi connectivity index (χ0) is 10.7. The van der Waals surface area contributed by atoms with Gasteiger partial charge in [0.2, 0.25) is 0 Å². The van der Waals surface area contributed by atoms with Crippen molar-refractivity contribution in [3.05, 3.63) is 16.9 Å². The largest absolute Gasteiger partial charge is 0.461 e. The summed E-state index contributed by atoms with van der Waals surface area (Å²) in [5.74, 6) is -0.808. The molecule has 7 heteroatoms. The van der Waals surface area contributed by atoms with E-state index in [1.54, 1.807) is 6.92 Å². The van der Waals surface area contributed by atoms with E-state index in [1.807, 2.05) is 0 Å². The molecule has 0 aromatic carbocycles. The number of aromatic nitrogens is 2. The van der Waals surface area contributed by atoms with E-state index in [0.717, 1.165) is 6.20 Å². The normalized spacial score (nSPS) is 10.6. The molecular formula is C7H7ClF2N2O2. The smallest absolute Gasteiger partial charge is 0.360 e. The van der Waals surface area contributed by atoms with Crippen LogP contribution in [0.25, 0.3) is 0 Å². The number of rotatable bonds is 3. The highest BCUT2D eigenvalue weighted by molar-refractivity contribution is 6.33. The molecule has 1 aromatic rings. The summed E-state index contributed by atoms with van der Waals surface area (Å²) in [7, 11) is 0. The van der Waals surface area contributed by atoms with Crippen LogP contribution in [0, 0.1) is 0 Å². The standard InChI is InChI=1S/C7H7ClF2N2O2/c1-2-14-6(13)5-4(8)3-12(11-5)7(9)10/h3,7H,2H2,1H3. The van der Waals surface area contributed by atoms with Gasteiger partial charge in [-0.05, 0) is 6.92 Å². The molecule has 78 valence electrons. The Labute approximate surface area is 83.4 Å². The van der Waals surface area contributed by atoms with Crippen molar-refractivity contribution in [2.45, 2.75) is 13.5 Å². The van der Waals surface area contributed by atoms with Gasteiger partial charge >= 0.3 is 12.5 Å². The van der Waals surface area contributed by atoms with E-state index < -0.39 is 12.5 Å². The molecule has 0 aliphatic rings. The van der Waals surface area contributed by atoms with E-state index in [9.17, 15) is 13.6 Å². The Balaban J connectivity index is 2.92. The van der Waals surface area contributed by atoms with Gasteiger partial charge in [0.15, 0.2) is 5.69 Å². The molecule has 0 N–H and O–H groups in total. The first-order valence-electron chi connectivity index (χ1n) is 3.76. The Morgan fingerprint density at radius 2 is 2.43 bits per heavy atom. The maximum absolute atomic E-state index is 12.1. The third-order valence-corrected chi connectivity index (χ3v) is 1.63. The summed E-state index contributed by atoms with van der Waals surface area (Å²) in [5.41, 5.74) is -0.297. The molecule has 14 heavy (non-hydrogen) atoms. The minimum atomic E-state index is -2.82. The second kappa shape index (κ2) is 4.36. The van der Waals surface area contributed by atoms with Crippen LogP contribution in [-0.2, 0) is 4.74 Å². The fraction of sp³-hybridized carbons (Fsp3) is 0.429. The summed E-state index contributed by atoms with van der Waals surface area (Å²) in [5, 5.41) is 3.14. The van der Waals surface area contributed by atoms with Crippen molar-refractivity contribution < 1.29 is 18.3 Å². The molecule has 4 nitrogen and oxygen atoms in total. The number of halogens is 3. The maximum Gasteiger partial charge on any atom is 0.360 e. The van der Waals surface area contributed by atoms with Crippen LogP contribution in [0.5, 0.6) is 0 Å². The van der Waals surface area contributed by atoms with Gasteiger partial charge in [-0.25, -0.2) is 9.48 Å². The topological polar surface area (TPSA) is 44.1 Å². The van der Waals surface area contributed by atoms with Gasteiger partial charge < -0.3 is 4.74 Å². The number of hydrogen-bond donors (Lipinski definition) is 0. The minimum Gasteiger partial charge on any atom is -0.461 e. The molecule has 0 radical (unpaired) electrons. The lowest BCUT2D eigenvalue weighted by Gasteiger charge is -1.98. The third-order valence-electron chi connectivity index (χ3n) is 1.36.